The van der Waals surface area contributed by atoms with E-state index < -0.39 is 12.1 Å². The number of carbonyl (C=O) groups excluding carboxylic acids is 1. The highest BCUT2D eigenvalue weighted by Gasteiger charge is 2.22. The molecule has 0 aromatic carbocycles. The van der Waals surface area contributed by atoms with Gasteiger partial charge in [0.2, 0.25) is 5.91 Å². The van der Waals surface area contributed by atoms with Gasteiger partial charge in [-0.3, -0.25) is 9.59 Å². The third-order valence-corrected chi connectivity index (χ3v) is 3.02. The van der Waals surface area contributed by atoms with Crippen molar-refractivity contribution in [2.45, 2.75) is 32.3 Å². The van der Waals surface area contributed by atoms with Gasteiger partial charge >= 0.3 is 5.97 Å². The molecule has 0 aromatic rings. The number of piperidine rings is 1. The molecule has 3 N–H and O–H groups in total. The lowest BCUT2D eigenvalue weighted by Gasteiger charge is -2.23. The first-order valence-corrected chi connectivity index (χ1v) is 6.45. The molecule has 6 heteroatoms. The minimum absolute atomic E-state index is 0.00610. The van der Waals surface area contributed by atoms with Crippen LogP contribution in [0.25, 0.3) is 0 Å². The van der Waals surface area contributed by atoms with Crippen LogP contribution in [0.1, 0.15) is 26.2 Å². The van der Waals surface area contributed by atoms with E-state index >= 15 is 0 Å². The Bertz CT molecular complexity index is 277. The van der Waals surface area contributed by atoms with Gasteiger partial charge in [0, 0.05) is 19.1 Å². The second-order valence-electron chi connectivity index (χ2n) is 4.44. The van der Waals surface area contributed by atoms with Gasteiger partial charge in [-0.25, -0.2) is 0 Å². The lowest BCUT2D eigenvalue weighted by molar-refractivity contribution is -0.140. The van der Waals surface area contributed by atoms with Gasteiger partial charge in [0.15, 0.2) is 0 Å². The lowest BCUT2D eigenvalue weighted by atomic mass is 9.97. The number of nitrogens with one attached hydrogen (secondary N) is 2. The Morgan fingerprint density at radius 1 is 1.44 bits per heavy atom. The van der Waals surface area contributed by atoms with Crippen molar-refractivity contribution in [3.63, 3.8) is 0 Å². The summed E-state index contributed by atoms with van der Waals surface area (Å²) in [7, 11) is 0. The average molecular weight is 258 g/mol. The van der Waals surface area contributed by atoms with Gasteiger partial charge in [0.1, 0.15) is 0 Å². The average Bonchev–Trinajstić information content (AvgIpc) is 2.36. The van der Waals surface area contributed by atoms with E-state index in [1.54, 1.807) is 0 Å². The predicted octanol–water partition coefficient (Wildman–Crippen LogP) is -0.0180. The number of hydrogen-bond donors (Lipinski definition) is 3. The quantitative estimate of drug-likeness (QED) is 0.597. The van der Waals surface area contributed by atoms with Crippen LogP contribution in [0.15, 0.2) is 0 Å². The largest absolute Gasteiger partial charge is 0.481 e. The zero-order valence-corrected chi connectivity index (χ0v) is 10.8. The van der Waals surface area contributed by atoms with Crippen LogP contribution in [0.4, 0.5) is 0 Å². The normalized spacial score (nSPS) is 18.3. The van der Waals surface area contributed by atoms with Crippen LogP contribution in [0.5, 0.6) is 0 Å². The highest BCUT2D eigenvalue weighted by Crippen LogP contribution is 2.11. The molecule has 1 atom stereocenters. The van der Waals surface area contributed by atoms with E-state index in [1.165, 1.54) is 0 Å². The molecule has 0 aliphatic carbocycles. The maximum absolute atomic E-state index is 11.9. The van der Waals surface area contributed by atoms with Crippen molar-refractivity contribution in [3.05, 3.63) is 0 Å². The molecule has 1 unspecified atom stereocenters. The molecule has 1 saturated heterocycles. The molecule has 0 radical (unpaired) electrons. The van der Waals surface area contributed by atoms with Crippen LogP contribution in [-0.2, 0) is 14.3 Å². The summed E-state index contributed by atoms with van der Waals surface area (Å²) in [6.45, 7) is 4.25. The summed E-state index contributed by atoms with van der Waals surface area (Å²) in [4.78, 5) is 22.5. The second kappa shape index (κ2) is 8.05. The molecule has 6 nitrogen and oxygen atoms in total. The van der Waals surface area contributed by atoms with E-state index in [2.05, 4.69) is 10.6 Å². The monoisotopic (exact) mass is 258 g/mol. The molecule has 0 spiro atoms. The summed E-state index contributed by atoms with van der Waals surface area (Å²) in [6.07, 6.45) is 1.15. The summed E-state index contributed by atoms with van der Waals surface area (Å²) >= 11 is 0. The number of carbonyl (C=O) groups is 2. The molecular weight excluding hydrogens is 236 g/mol. The predicted molar refractivity (Wildman–Crippen MR) is 66.3 cm³/mol. The fourth-order valence-electron chi connectivity index (χ4n) is 2.06. The van der Waals surface area contributed by atoms with Crippen molar-refractivity contribution >= 4 is 11.9 Å². The second-order valence-corrected chi connectivity index (χ2v) is 4.44. The highest BCUT2D eigenvalue weighted by molar-refractivity contribution is 5.78. The Labute approximate surface area is 107 Å². The van der Waals surface area contributed by atoms with E-state index in [0.717, 1.165) is 25.9 Å². The SMILES string of the molecule is CCOC(CNC(=O)C1CCNCC1)CC(=O)O. The van der Waals surface area contributed by atoms with Gasteiger partial charge in [-0.2, -0.15) is 0 Å². The summed E-state index contributed by atoms with van der Waals surface area (Å²) in [5, 5.41) is 14.7. The first-order valence-electron chi connectivity index (χ1n) is 6.45. The third-order valence-electron chi connectivity index (χ3n) is 3.02. The van der Waals surface area contributed by atoms with Crippen molar-refractivity contribution in [3.8, 4) is 0 Å². The van der Waals surface area contributed by atoms with E-state index in [9.17, 15) is 9.59 Å². The maximum Gasteiger partial charge on any atom is 0.306 e. The van der Waals surface area contributed by atoms with Gasteiger partial charge in [0.05, 0.1) is 12.5 Å². The van der Waals surface area contributed by atoms with Crippen molar-refractivity contribution in [1.29, 1.82) is 0 Å². The van der Waals surface area contributed by atoms with E-state index in [0.29, 0.717) is 6.61 Å². The molecule has 1 rings (SSSR count). The van der Waals surface area contributed by atoms with Crippen molar-refractivity contribution in [2.24, 2.45) is 5.92 Å². The lowest BCUT2D eigenvalue weighted by Crippen LogP contribution is -2.41. The van der Waals surface area contributed by atoms with Crippen molar-refractivity contribution in [2.75, 3.05) is 26.2 Å². The van der Waals surface area contributed by atoms with Gasteiger partial charge in [-0.05, 0) is 32.9 Å². The number of hydrogen-bond acceptors (Lipinski definition) is 4. The molecule has 0 bridgehead atoms. The minimum Gasteiger partial charge on any atom is -0.481 e. The number of aliphatic carboxylic acids is 1. The van der Waals surface area contributed by atoms with E-state index in [4.69, 9.17) is 9.84 Å². The number of ether oxygens (including phenoxy) is 1. The minimum atomic E-state index is -0.912. The molecular formula is C12H22N2O4. The van der Waals surface area contributed by atoms with Gasteiger partial charge < -0.3 is 20.5 Å². The Hall–Kier alpha value is -1.14. The fraction of sp³-hybridized carbons (Fsp3) is 0.833. The van der Waals surface area contributed by atoms with Gasteiger partial charge in [0.25, 0.3) is 0 Å². The first-order chi connectivity index (χ1) is 8.63. The number of carboxylic acids is 1. The number of amides is 1. The number of rotatable bonds is 7. The topological polar surface area (TPSA) is 87.7 Å². The summed E-state index contributed by atoms with van der Waals surface area (Å²) in [5.74, 6) is -0.866. The summed E-state index contributed by atoms with van der Waals surface area (Å²) in [6, 6.07) is 0. The van der Waals surface area contributed by atoms with Crippen LogP contribution < -0.4 is 10.6 Å². The zero-order valence-electron chi connectivity index (χ0n) is 10.8. The van der Waals surface area contributed by atoms with Gasteiger partial charge in [-0.15, -0.1) is 0 Å². The zero-order chi connectivity index (χ0) is 13.4. The van der Waals surface area contributed by atoms with E-state index in [-0.39, 0.29) is 24.8 Å². The van der Waals surface area contributed by atoms with Crippen LogP contribution >= 0.6 is 0 Å². The Morgan fingerprint density at radius 2 is 2.11 bits per heavy atom. The molecule has 1 aliphatic rings. The maximum atomic E-state index is 11.9. The summed E-state index contributed by atoms with van der Waals surface area (Å²) in [5.41, 5.74) is 0. The van der Waals surface area contributed by atoms with Crippen LogP contribution in [0.2, 0.25) is 0 Å². The van der Waals surface area contributed by atoms with Crippen molar-refractivity contribution in [1.82, 2.24) is 10.6 Å². The van der Waals surface area contributed by atoms with Crippen molar-refractivity contribution < 1.29 is 19.4 Å². The molecule has 0 aromatic heterocycles. The molecule has 1 heterocycles. The van der Waals surface area contributed by atoms with Crippen LogP contribution in [-0.4, -0.2) is 49.3 Å². The van der Waals surface area contributed by atoms with E-state index in [1.807, 2.05) is 6.92 Å². The standard InChI is InChI=1S/C12H22N2O4/c1-2-18-10(7-11(15)16)8-14-12(17)9-3-5-13-6-4-9/h9-10,13H,2-8H2,1H3,(H,14,17)(H,15,16). The Morgan fingerprint density at radius 3 is 2.67 bits per heavy atom. The Kier molecular flexibility index (Phi) is 6.67. The Balaban J connectivity index is 2.31. The molecule has 104 valence electrons. The molecule has 0 saturated carbocycles. The highest BCUT2D eigenvalue weighted by atomic mass is 16.5. The molecule has 18 heavy (non-hydrogen) atoms. The summed E-state index contributed by atoms with van der Waals surface area (Å²) < 4.78 is 5.28. The molecule has 1 fully saturated rings. The molecule has 1 aliphatic heterocycles. The smallest absolute Gasteiger partial charge is 0.306 e. The third kappa shape index (κ3) is 5.46. The molecule has 1 amide bonds. The van der Waals surface area contributed by atoms with Crippen LogP contribution in [0, 0.1) is 5.92 Å². The fourth-order valence-corrected chi connectivity index (χ4v) is 2.06. The number of carboxylic acid groups (broad SMARTS) is 1. The first kappa shape index (κ1) is 14.9. The van der Waals surface area contributed by atoms with Crippen LogP contribution in [0.3, 0.4) is 0 Å². The van der Waals surface area contributed by atoms with Gasteiger partial charge in [-0.1, -0.05) is 0 Å².